The molecule has 0 radical (unpaired) electrons. The normalized spacial score (nSPS) is 10.8. The average molecular weight is 323 g/mol. The van der Waals surface area contributed by atoms with E-state index in [0.717, 1.165) is 16.9 Å². The lowest BCUT2D eigenvalue weighted by atomic mass is 10.3. The molecule has 23 heavy (non-hydrogen) atoms. The Morgan fingerprint density at radius 3 is 2.78 bits per heavy atom. The molecule has 0 atom stereocenters. The van der Waals surface area contributed by atoms with Gasteiger partial charge in [-0.2, -0.15) is 5.10 Å². The van der Waals surface area contributed by atoms with Gasteiger partial charge in [-0.3, -0.25) is 4.98 Å². The van der Waals surface area contributed by atoms with Crippen LogP contribution in [0.4, 0.5) is 11.5 Å². The lowest BCUT2D eigenvalue weighted by Crippen LogP contribution is -1.96. The third-order valence-corrected chi connectivity index (χ3v) is 3.61. The van der Waals surface area contributed by atoms with Crippen molar-refractivity contribution in [3.63, 3.8) is 0 Å². The fourth-order valence-corrected chi connectivity index (χ4v) is 2.45. The summed E-state index contributed by atoms with van der Waals surface area (Å²) in [5, 5.41) is 8.16. The van der Waals surface area contributed by atoms with Gasteiger partial charge in [-0.1, -0.05) is 23.7 Å². The fraction of sp³-hybridized carbons (Fsp3) is 0. The van der Waals surface area contributed by atoms with Crippen LogP contribution in [0.1, 0.15) is 0 Å². The number of para-hydroxylation sites is 1. The SMILES string of the molecule is Clc1ccccc1-n1cc(Nc2ccc3nccnc3n2)cn1. The number of benzene rings is 1. The number of nitrogens with one attached hydrogen (secondary N) is 1. The number of anilines is 2. The van der Waals surface area contributed by atoms with Gasteiger partial charge < -0.3 is 5.32 Å². The Morgan fingerprint density at radius 2 is 1.87 bits per heavy atom. The van der Waals surface area contributed by atoms with Gasteiger partial charge >= 0.3 is 0 Å². The fourth-order valence-electron chi connectivity index (χ4n) is 2.23. The maximum absolute atomic E-state index is 6.18. The van der Waals surface area contributed by atoms with Crippen molar-refractivity contribution in [2.45, 2.75) is 0 Å². The molecule has 3 aromatic heterocycles. The monoisotopic (exact) mass is 322 g/mol. The predicted molar refractivity (Wildman–Crippen MR) is 89.2 cm³/mol. The van der Waals surface area contributed by atoms with Gasteiger partial charge in [0, 0.05) is 12.4 Å². The van der Waals surface area contributed by atoms with Crippen molar-refractivity contribution in [2.24, 2.45) is 0 Å². The van der Waals surface area contributed by atoms with Gasteiger partial charge in [0.25, 0.3) is 0 Å². The first-order valence-corrected chi connectivity index (χ1v) is 7.32. The van der Waals surface area contributed by atoms with Crippen LogP contribution in [0.15, 0.2) is 61.2 Å². The molecule has 6 nitrogen and oxygen atoms in total. The van der Waals surface area contributed by atoms with Crippen LogP contribution < -0.4 is 5.32 Å². The maximum Gasteiger partial charge on any atom is 0.180 e. The van der Waals surface area contributed by atoms with Crippen LogP contribution in [0.3, 0.4) is 0 Å². The molecule has 0 saturated carbocycles. The molecule has 0 spiro atoms. The van der Waals surface area contributed by atoms with E-state index in [0.29, 0.717) is 16.5 Å². The number of hydrogen-bond donors (Lipinski definition) is 1. The molecule has 7 heteroatoms. The van der Waals surface area contributed by atoms with Gasteiger partial charge in [-0.15, -0.1) is 0 Å². The van der Waals surface area contributed by atoms with E-state index in [1.54, 1.807) is 23.3 Å². The first-order valence-electron chi connectivity index (χ1n) is 6.94. The Hall–Kier alpha value is -2.99. The summed E-state index contributed by atoms with van der Waals surface area (Å²) < 4.78 is 1.71. The quantitative estimate of drug-likeness (QED) is 0.624. The van der Waals surface area contributed by atoms with E-state index in [4.69, 9.17) is 11.6 Å². The third kappa shape index (κ3) is 2.72. The van der Waals surface area contributed by atoms with Crippen LogP contribution in [0.5, 0.6) is 0 Å². The van der Waals surface area contributed by atoms with Gasteiger partial charge in [0.05, 0.1) is 28.8 Å². The molecular weight excluding hydrogens is 312 g/mol. The van der Waals surface area contributed by atoms with Crippen LogP contribution >= 0.6 is 11.6 Å². The van der Waals surface area contributed by atoms with E-state index in [2.05, 4.69) is 25.4 Å². The van der Waals surface area contributed by atoms with Gasteiger partial charge in [-0.25, -0.2) is 14.6 Å². The Balaban J connectivity index is 1.63. The molecule has 1 N–H and O–H groups in total. The Labute approximate surface area is 136 Å². The standard InChI is InChI=1S/C16H11ClN6/c17-12-3-1-2-4-14(12)23-10-11(9-20-23)21-15-6-5-13-16(22-15)19-8-7-18-13/h1-10H,(H,19,21,22). The summed E-state index contributed by atoms with van der Waals surface area (Å²) in [7, 11) is 0. The van der Waals surface area contributed by atoms with Crippen molar-refractivity contribution in [2.75, 3.05) is 5.32 Å². The largest absolute Gasteiger partial charge is 0.338 e. The van der Waals surface area contributed by atoms with Gasteiger partial charge in [0.2, 0.25) is 0 Å². The van der Waals surface area contributed by atoms with E-state index in [1.165, 1.54) is 0 Å². The molecule has 0 bridgehead atoms. The number of nitrogens with zero attached hydrogens (tertiary/aromatic N) is 5. The minimum absolute atomic E-state index is 0.594. The minimum Gasteiger partial charge on any atom is -0.338 e. The molecule has 112 valence electrons. The summed E-state index contributed by atoms with van der Waals surface area (Å²) in [6, 6.07) is 11.3. The van der Waals surface area contributed by atoms with Crippen molar-refractivity contribution >= 4 is 34.3 Å². The summed E-state index contributed by atoms with van der Waals surface area (Å²) in [4.78, 5) is 12.8. The van der Waals surface area contributed by atoms with Crippen LogP contribution in [-0.4, -0.2) is 24.7 Å². The van der Waals surface area contributed by atoms with E-state index in [-0.39, 0.29) is 0 Å². The van der Waals surface area contributed by atoms with Crippen molar-refractivity contribution < 1.29 is 0 Å². The van der Waals surface area contributed by atoms with Crippen LogP contribution in [0, 0.1) is 0 Å². The summed E-state index contributed by atoms with van der Waals surface area (Å²) in [5.41, 5.74) is 2.97. The lowest BCUT2D eigenvalue weighted by molar-refractivity contribution is 0.881. The van der Waals surface area contributed by atoms with Crippen LogP contribution in [0.2, 0.25) is 5.02 Å². The van der Waals surface area contributed by atoms with E-state index in [1.807, 2.05) is 42.6 Å². The highest BCUT2D eigenvalue weighted by molar-refractivity contribution is 6.32. The predicted octanol–water partition coefficient (Wildman–Crippen LogP) is 3.61. The number of hydrogen-bond acceptors (Lipinski definition) is 5. The number of halogens is 1. The van der Waals surface area contributed by atoms with Crippen molar-refractivity contribution in [1.82, 2.24) is 24.7 Å². The first-order chi connectivity index (χ1) is 11.3. The number of pyridine rings is 1. The summed E-state index contributed by atoms with van der Waals surface area (Å²) in [5.74, 6) is 0.678. The highest BCUT2D eigenvalue weighted by Crippen LogP contribution is 2.22. The topological polar surface area (TPSA) is 68.5 Å². The molecule has 0 amide bonds. The zero-order valence-corrected chi connectivity index (χ0v) is 12.6. The first kappa shape index (κ1) is 13.7. The summed E-state index contributed by atoms with van der Waals surface area (Å²) in [6.45, 7) is 0. The third-order valence-electron chi connectivity index (χ3n) is 3.29. The number of fused-ring (bicyclic) bond motifs is 1. The average Bonchev–Trinajstić information content (AvgIpc) is 3.03. The second-order valence-corrected chi connectivity index (χ2v) is 5.25. The van der Waals surface area contributed by atoms with Gasteiger partial charge in [0.1, 0.15) is 11.3 Å². The second kappa shape index (κ2) is 5.66. The molecule has 3 heterocycles. The number of aromatic nitrogens is 5. The van der Waals surface area contributed by atoms with Crippen molar-refractivity contribution in [3.05, 3.63) is 66.2 Å². The van der Waals surface area contributed by atoms with Gasteiger partial charge in [-0.05, 0) is 24.3 Å². The molecular formula is C16H11ClN6. The second-order valence-electron chi connectivity index (χ2n) is 4.85. The summed E-state index contributed by atoms with van der Waals surface area (Å²) in [6.07, 6.45) is 6.83. The molecule has 4 aromatic rings. The lowest BCUT2D eigenvalue weighted by Gasteiger charge is -2.04. The molecule has 0 saturated heterocycles. The zero-order valence-electron chi connectivity index (χ0n) is 11.9. The van der Waals surface area contributed by atoms with Crippen LogP contribution in [0.25, 0.3) is 16.9 Å². The van der Waals surface area contributed by atoms with E-state index >= 15 is 0 Å². The van der Waals surface area contributed by atoms with Crippen LogP contribution in [-0.2, 0) is 0 Å². The molecule has 0 aliphatic heterocycles. The molecule has 0 aliphatic rings. The zero-order chi connectivity index (χ0) is 15.6. The van der Waals surface area contributed by atoms with E-state index < -0.39 is 0 Å². The van der Waals surface area contributed by atoms with Gasteiger partial charge in [0.15, 0.2) is 5.65 Å². The molecule has 0 fully saturated rings. The smallest absolute Gasteiger partial charge is 0.180 e. The Morgan fingerprint density at radius 1 is 1.00 bits per heavy atom. The number of rotatable bonds is 3. The molecule has 0 aliphatic carbocycles. The van der Waals surface area contributed by atoms with Crippen molar-refractivity contribution in [3.8, 4) is 5.69 Å². The molecule has 4 rings (SSSR count). The molecule has 0 unspecified atom stereocenters. The maximum atomic E-state index is 6.18. The van der Waals surface area contributed by atoms with Crippen molar-refractivity contribution in [1.29, 1.82) is 0 Å². The molecule has 1 aromatic carbocycles. The summed E-state index contributed by atoms with van der Waals surface area (Å²) >= 11 is 6.18. The Bertz CT molecular complexity index is 981. The highest BCUT2D eigenvalue weighted by atomic mass is 35.5. The minimum atomic E-state index is 0.594. The van der Waals surface area contributed by atoms with E-state index in [9.17, 15) is 0 Å². The Kier molecular flexibility index (Phi) is 3.36. The highest BCUT2D eigenvalue weighted by Gasteiger charge is 2.06.